The smallest absolute Gasteiger partial charge is 0.255 e. The van der Waals surface area contributed by atoms with E-state index in [1.807, 2.05) is 73.7 Å². The average Bonchev–Trinajstić information content (AvgIpc) is 3.45. The third-order valence-electron chi connectivity index (χ3n) is 5.08. The van der Waals surface area contributed by atoms with Crippen molar-refractivity contribution in [2.75, 3.05) is 5.32 Å². The van der Waals surface area contributed by atoms with Crippen molar-refractivity contribution in [1.82, 2.24) is 19.8 Å². The molecular formula is C25H21N5O2S. The number of anilines is 1. The first-order valence-corrected chi connectivity index (χ1v) is 11.4. The van der Waals surface area contributed by atoms with Crippen LogP contribution in [0.4, 0.5) is 5.69 Å². The molecule has 33 heavy (non-hydrogen) atoms. The first kappa shape index (κ1) is 20.8. The molecule has 2 aromatic heterocycles. The lowest BCUT2D eigenvalue weighted by atomic mass is 10.1. The van der Waals surface area contributed by atoms with Crippen LogP contribution in [0, 0.1) is 0 Å². The van der Waals surface area contributed by atoms with Gasteiger partial charge in [-0.1, -0.05) is 66.8 Å². The molecule has 7 nitrogen and oxygen atoms in total. The molecule has 0 aliphatic heterocycles. The second-order valence-electron chi connectivity index (χ2n) is 7.41. The Balaban J connectivity index is 1.30. The van der Waals surface area contributed by atoms with Gasteiger partial charge >= 0.3 is 0 Å². The minimum atomic E-state index is -0.205. The highest BCUT2D eigenvalue weighted by Gasteiger charge is 2.13. The highest BCUT2D eigenvalue weighted by Crippen LogP contribution is 2.28. The molecule has 1 N–H and O–H groups in total. The summed E-state index contributed by atoms with van der Waals surface area (Å²) in [6.45, 7) is 2.47. The van der Waals surface area contributed by atoms with Gasteiger partial charge in [0.2, 0.25) is 4.96 Å². The Labute approximate surface area is 194 Å². The van der Waals surface area contributed by atoms with Crippen molar-refractivity contribution in [2.45, 2.75) is 20.0 Å². The summed E-state index contributed by atoms with van der Waals surface area (Å²) in [7, 11) is 0. The Bertz CT molecular complexity index is 1410. The van der Waals surface area contributed by atoms with E-state index in [0.29, 0.717) is 23.6 Å². The average molecular weight is 456 g/mol. The zero-order chi connectivity index (χ0) is 22.6. The van der Waals surface area contributed by atoms with Crippen LogP contribution in [0.1, 0.15) is 28.7 Å². The second kappa shape index (κ2) is 9.22. The second-order valence-corrected chi connectivity index (χ2v) is 8.36. The molecule has 5 rings (SSSR count). The maximum Gasteiger partial charge on any atom is 0.255 e. The Hall–Kier alpha value is -4.04. The van der Waals surface area contributed by atoms with Crippen LogP contribution in [-0.2, 0) is 13.0 Å². The monoisotopic (exact) mass is 455 g/mol. The van der Waals surface area contributed by atoms with E-state index < -0.39 is 0 Å². The van der Waals surface area contributed by atoms with Crippen molar-refractivity contribution in [3.8, 4) is 16.3 Å². The maximum atomic E-state index is 12.9. The fourth-order valence-corrected chi connectivity index (χ4v) is 4.25. The number of rotatable bonds is 7. The molecule has 164 valence electrons. The predicted octanol–water partition coefficient (Wildman–Crippen LogP) is 5.25. The molecular weight excluding hydrogens is 434 g/mol. The van der Waals surface area contributed by atoms with Crippen LogP contribution in [0.3, 0.4) is 0 Å². The lowest BCUT2D eigenvalue weighted by Gasteiger charge is -2.09. The van der Waals surface area contributed by atoms with E-state index in [9.17, 15) is 4.79 Å². The molecule has 0 unspecified atom stereocenters. The van der Waals surface area contributed by atoms with Gasteiger partial charge in [-0.3, -0.25) is 4.79 Å². The summed E-state index contributed by atoms with van der Waals surface area (Å²) in [5, 5.41) is 16.7. The zero-order valence-corrected chi connectivity index (χ0v) is 18.7. The SMILES string of the molecule is CCc1nnc2sc(-c3cccc(NC(=O)c4cccc(OCc5ccccc5)c4)c3)nn12. The van der Waals surface area contributed by atoms with Crippen molar-refractivity contribution in [3.05, 3.63) is 95.8 Å². The highest BCUT2D eigenvalue weighted by atomic mass is 32.1. The number of hydrogen-bond acceptors (Lipinski definition) is 6. The highest BCUT2D eigenvalue weighted by molar-refractivity contribution is 7.19. The topological polar surface area (TPSA) is 81.4 Å². The zero-order valence-electron chi connectivity index (χ0n) is 17.9. The molecule has 3 aromatic carbocycles. The van der Waals surface area contributed by atoms with Crippen LogP contribution in [0.15, 0.2) is 78.9 Å². The van der Waals surface area contributed by atoms with Crippen molar-refractivity contribution in [3.63, 3.8) is 0 Å². The van der Waals surface area contributed by atoms with Gasteiger partial charge in [0.15, 0.2) is 5.82 Å². The van der Waals surface area contributed by atoms with Crippen LogP contribution in [0.5, 0.6) is 5.75 Å². The number of fused-ring (bicyclic) bond motifs is 1. The summed E-state index contributed by atoms with van der Waals surface area (Å²) in [4.78, 5) is 13.6. The van der Waals surface area contributed by atoms with E-state index in [1.165, 1.54) is 11.3 Å². The van der Waals surface area contributed by atoms with Crippen LogP contribution in [0.2, 0.25) is 0 Å². The number of aromatic nitrogens is 4. The quantitative estimate of drug-likeness (QED) is 0.363. The van der Waals surface area contributed by atoms with Gasteiger partial charge in [0, 0.05) is 23.2 Å². The minimum Gasteiger partial charge on any atom is -0.489 e. The summed E-state index contributed by atoms with van der Waals surface area (Å²) in [6.07, 6.45) is 0.758. The van der Waals surface area contributed by atoms with E-state index in [4.69, 9.17) is 4.74 Å². The van der Waals surface area contributed by atoms with Gasteiger partial charge in [-0.15, -0.1) is 10.2 Å². The van der Waals surface area contributed by atoms with Crippen LogP contribution in [0.25, 0.3) is 15.5 Å². The van der Waals surface area contributed by atoms with Gasteiger partial charge in [-0.25, -0.2) is 0 Å². The van der Waals surface area contributed by atoms with Gasteiger partial charge in [-0.2, -0.15) is 9.61 Å². The molecule has 0 atom stereocenters. The number of benzene rings is 3. The van der Waals surface area contributed by atoms with Crippen molar-refractivity contribution in [2.24, 2.45) is 0 Å². The molecule has 2 heterocycles. The lowest BCUT2D eigenvalue weighted by Crippen LogP contribution is -2.12. The van der Waals surface area contributed by atoms with E-state index in [0.717, 1.165) is 33.3 Å². The van der Waals surface area contributed by atoms with Gasteiger partial charge in [-0.05, 0) is 35.9 Å². The minimum absolute atomic E-state index is 0.205. The van der Waals surface area contributed by atoms with Crippen molar-refractivity contribution >= 4 is 27.9 Å². The van der Waals surface area contributed by atoms with Gasteiger partial charge in [0.05, 0.1) is 0 Å². The van der Waals surface area contributed by atoms with Crippen LogP contribution in [-0.4, -0.2) is 25.7 Å². The molecule has 0 saturated heterocycles. The predicted molar refractivity (Wildman–Crippen MR) is 129 cm³/mol. The number of carbonyl (C=O) groups is 1. The van der Waals surface area contributed by atoms with E-state index in [1.54, 1.807) is 16.6 Å². The van der Waals surface area contributed by atoms with Crippen molar-refractivity contribution in [1.29, 1.82) is 0 Å². The summed E-state index contributed by atoms with van der Waals surface area (Å²) in [6, 6.07) is 24.7. The van der Waals surface area contributed by atoms with Gasteiger partial charge in [0.25, 0.3) is 5.91 Å². The van der Waals surface area contributed by atoms with Crippen molar-refractivity contribution < 1.29 is 9.53 Å². The molecule has 8 heteroatoms. The standard InChI is InChI=1S/C25H21N5O2S/c1-2-22-27-28-25-30(22)29-24(33-25)19-11-6-12-20(14-19)26-23(31)18-10-7-13-21(15-18)32-16-17-8-4-3-5-9-17/h3-15H,2,16H2,1H3,(H,26,31). The molecule has 0 saturated carbocycles. The first-order valence-electron chi connectivity index (χ1n) is 10.6. The van der Waals surface area contributed by atoms with Crippen LogP contribution >= 0.6 is 11.3 Å². The first-order chi connectivity index (χ1) is 16.2. The van der Waals surface area contributed by atoms with E-state index in [-0.39, 0.29) is 5.91 Å². The van der Waals surface area contributed by atoms with Gasteiger partial charge < -0.3 is 10.1 Å². The van der Waals surface area contributed by atoms with E-state index in [2.05, 4.69) is 20.6 Å². The molecule has 1 amide bonds. The fourth-order valence-electron chi connectivity index (χ4n) is 3.40. The number of amides is 1. The largest absolute Gasteiger partial charge is 0.489 e. The summed E-state index contributed by atoms with van der Waals surface area (Å²) in [5.74, 6) is 1.27. The summed E-state index contributed by atoms with van der Waals surface area (Å²) >= 11 is 1.47. The Morgan fingerprint density at radius 2 is 1.85 bits per heavy atom. The molecule has 0 bridgehead atoms. The number of nitrogens with zero attached hydrogens (tertiary/aromatic N) is 4. The number of ether oxygens (including phenoxy) is 1. The molecule has 0 spiro atoms. The third kappa shape index (κ3) is 4.61. The van der Waals surface area contributed by atoms with Crippen LogP contribution < -0.4 is 10.1 Å². The Kier molecular flexibility index (Phi) is 5.82. The number of hydrogen-bond donors (Lipinski definition) is 1. The normalized spacial score (nSPS) is 10.9. The molecule has 0 radical (unpaired) electrons. The lowest BCUT2D eigenvalue weighted by molar-refractivity contribution is 0.102. The number of aryl methyl sites for hydroxylation is 1. The Morgan fingerprint density at radius 1 is 1.00 bits per heavy atom. The summed E-state index contributed by atoms with van der Waals surface area (Å²) in [5.41, 5.74) is 3.19. The molecule has 0 aliphatic rings. The molecule has 0 fully saturated rings. The van der Waals surface area contributed by atoms with E-state index >= 15 is 0 Å². The summed E-state index contributed by atoms with van der Waals surface area (Å²) < 4.78 is 7.62. The molecule has 0 aliphatic carbocycles. The number of carbonyl (C=O) groups excluding carboxylic acids is 1. The Morgan fingerprint density at radius 3 is 2.70 bits per heavy atom. The third-order valence-corrected chi connectivity index (χ3v) is 6.03. The number of nitrogens with one attached hydrogen (secondary N) is 1. The van der Waals surface area contributed by atoms with Gasteiger partial charge in [0.1, 0.15) is 17.4 Å². The molecule has 5 aromatic rings. The fraction of sp³-hybridized carbons (Fsp3) is 0.120. The maximum absolute atomic E-state index is 12.9.